The molecule has 8 heteroatoms. The van der Waals surface area contributed by atoms with Gasteiger partial charge in [-0.1, -0.05) is 11.2 Å². The van der Waals surface area contributed by atoms with Crippen molar-refractivity contribution in [3.8, 4) is 11.5 Å². The number of nitrogens with zero attached hydrogens (tertiary/aromatic N) is 4. The number of aliphatic imine (C=N–C) groups is 2. The highest BCUT2D eigenvalue weighted by molar-refractivity contribution is 5.93. The molecule has 0 atom stereocenters. The highest BCUT2D eigenvalue weighted by Crippen LogP contribution is 2.22. The summed E-state index contributed by atoms with van der Waals surface area (Å²) >= 11 is 0. The van der Waals surface area contributed by atoms with Crippen LogP contribution >= 0.6 is 0 Å². The number of aryl methyl sites for hydroxylation is 1. The number of hydrogen-bond acceptors (Lipinski definition) is 4. The minimum absolute atomic E-state index is 0.0288. The molecule has 2 aromatic rings. The largest absolute Gasteiger partial charge is 0.370 e. The minimum Gasteiger partial charge on any atom is -0.370 e. The average Bonchev–Trinajstić information content (AvgIpc) is 2.75. The summed E-state index contributed by atoms with van der Waals surface area (Å²) in [5.41, 5.74) is 17.3. The van der Waals surface area contributed by atoms with Crippen LogP contribution in [0.4, 0.5) is 5.69 Å². The summed E-state index contributed by atoms with van der Waals surface area (Å²) in [6.07, 6.45) is 0. The molecule has 0 saturated heterocycles. The first-order valence-electron chi connectivity index (χ1n) is 5.39. The summed E-state index contributed by atoms with van der Waals surface area (Å²) in [6.45, 7) is 1.74. The van der Waals surface area contributed by atoms with E-state index in [-0.39, 0.29) is 11.9 Å². The first-order chi connectivity index (χ1) is 9.04. The van der Waals surface area contributed by atoms with Crippen molar-refractivity contribution < 1.29 is 4.52 Å². The van der Waals surface area contributed by atoms with Gasteiger partial charge in [0.05, 0.1) is 5.69 Å². The van der Waals surface area contributed by atoms with Crippen LogP contribution in [0, 0.1) is 6.92 Å². The summed E-state index contributed by atoms with van der Waals surface area (Å²) in [5, 5.41) is 3.72. The van der Waals surface area contributed by atoms with Gasteiger partial charge in [-0.05, 0) is 25.1 Å². The van der Waals surface area contributed by atoms with E-state index in [2.05, 4.69) is 20.1 Å². The van der Waals surface area contributed by atoms with E-state index in [9.17, 15) is 0 Å². The fourth-order valence-corrected chi connectivity index (χ4v) is 1.41. The van der Waals surface area contributed by atoms with Gasteiger partial charge in [-0.3, -0.25) is 0 Å². The summed E-state index contributed by atoms with van der Waals surface area (Å²) in [5.74, 6) is 0.794. The Labute approximate surface area is 109 Å². The lowest BCUT2D eigenvalue weighted by atomic mass is 10.2. The third-order valence-electron chi connectivity index (χ3n) is 2.11. The van der Waals surface area contributed by atoms with Gasteiger partial charge < -0.3 is 21.7 Å². The van der Waals surface area contributed by atoms with Gasteiger partial charge in [-0.15, -0.1) is 0 Å². The monoisotopic (exact) mass is 259 g/mol. The Bertz CT molecular complexity index is 640. The van der Waals surface area contributed by atoms with Gasteiger partial charge in [-0.25, -0.2) is 4.99 Å². The molecule has 0 aliphatic heterocycles. The van der Waals surface area contributed by atoms with Crippen LogP contribution in [0.1, 0.15) is 5.82 Å². The maximum atomic E-state index is 5.55. The van der Waals surface area contributed by atoms with Crippen molar-refractivity contribution in [1.82, 2.24) is 10.1 Å². The summed E-state index contributed by atoms with van der Waals surface area (Å²) in [6, 6.07) is 7.10. The molecule has 1 aromatic carbocycles. The zero-order valence-corrected chi connectivity index (χ0v) is 10.2. The van der Waals surface area contributed by atoms with Crippen molar-refractivity contribution in [1.29, 1.82) is 0 Å². The van der Waals surface area contributed by atoms with E-state index in [4.69, 9.17) is 21.7 Å². The van der Waals surface area contributed by atoms with E-state index in [1.165, 1.54) is 0 Å². The van der Waals surface area contributed by atoms with Crippen molar-refractivity contribution in [2.75, 3.05) is 0 Å². The second kappa shape index (κ2) is 5.17. The molecule has 98 valence electrons. The Balaban J connectivity index is 2.32. The van der Waals surface area contributed by atoms with Crippen LogP contribution in [0.5, 0.6) is 0 Å². The molecule has 0 bridgehead atoms. The van der Waals surface area contributed by atoms with Crippen LogP contribution < -0.4 is 17.2 Å². The van der Waals surface area contributed by atoms with E-state index in [0.717, 1.165) is 5.56 Å². The molecule has 0 aliphatic carbocycles. The number of aromatic nitrogens is 2. The highest BCUT2D eigenvalue weighted by atomic mass is 16.5. The molecule has 0 spiro atoms. The molecule has 19 heavy (non-hydrogen) atoms. The number of guanidine groups is 2. The van der Waals surface area contributed by atoms with Crippen LogP contribution in [-0.4, -0.2) is 22.1 Å². The molecular formula is C11H13N7O. The second-order valence-electron chi connectivity index (χ2n) is 3.70. The van der Waals surface area contributed by atoms with Gasteiger partial charge in [0.2, 0.25) is 5.96 Å². The zero-order chi connectivity index (χ0) is 13.8. The van der Waals surface area contributed by atoms with Gasteiger partial charge in [-0.2, -0.15) is 9.98 Å². The van der Waals surface area contributed by atoms with Crippen LogP contribution in [0.25, 0.3) is 11.5 Å². The SMILES string of the molecule is Cc1noc(-c2cccc(N=C(N)N=C(N)N)c2)n1. The number of nitrogens with two attached hydrogens (primary N) is 3. The van der Waals surface area contributed by atoms with E-state index in [1.54, 1.807) is 25.1 Å². The molecule has 6 N–H and O–H groups in total. The van der Waals surface area contributed by atoms with Crippen molar-refractivity contribution in [3.05, 3.63) is 30.1 Å². The molecular weight excluding hydrogens is 246 g/mol. The lowest BCUT2D eigenvalue weighted by molar-refractivity contribution is 0.425. The molecule has 0 saturated carbocycles. The maximum Gasteiger partial charge on any atom is 0.257 e. The van der Waals surface area contributed by atoms with Crippen LogP contribution in [-0.2, 0) is 0 Å². The highest BCUT2D eigenvalue weighted by Gasteiger charge is 2.06. The van der Waals surface area contributed by atoms with Gasteiger partial charge in [0.15, 0.2) is 11.8 Å². The van der Waals surface area contributed by atoms with Gasteiger partial charge >= 0.3 is 0 Å². The smallest absolute Gasteiger partial charge is 0.257 e. The van der Waals surface area contributed by atoms with Gasteiger partial charge in [0, 0.05) is 5.56 Å². The standard InChI is InChI=1S/C11H13N7O/c1-6-15-9(19-18-6)7-3-2-4-8(5-7)16-11(14)17-10(12)13/h2-5H,1H3,(H6,12,13,14,16,17). The predicted octanol–water partition coefficient (Wildman–Crippen LogP) is 0.265. The molecule has 0 aliphatic rings. The minimum atomic E-state index is -0.148. The van der Waals surface area contributed by atoms with Crippen molar-refractivity contribution in [2.45, 2.75) is 6.92 Å². The Hall–Kier alpha value is -2.90. The number of benzene rings is 1. The lowest BCUT2D eigenvalue weighted by Gasteiger charge is -1.98. The molecule has 0 unspecified atom stereocenters. The quantitative estimate of drug-likeness (QED) is 0.521. The molecule has 1 aromatic heterocycles. The Morgan fingerprint density at radius 2 is 2.05 bits per heavy atom. The van der Waals surface area contributed by atoms with E-state index in [0.29, 0.717) is 17.4 Å². The van der Waals surface area contributed by atoms with E-state index < -0.39 is 0 Å². The molecule has 2 rings (SSSR count). The third-order valence-corrected chi connectivity index (χ3v) is 2.11. The van der Waals surface area contributed by atoms with E-state index in [1.807, 2.05) is 6.07 Å². The van der Waals surface area contributed by atoms with Crippen LogP contribution in [0.3, 0.4) is 0 Å². The topological polar surface area (TPSA) is 142 Å². The molecule has 0 amide bonds. The van der Waals surface area contributed by atoms with Crippen molar-refractivity contribution >= 4 is 17.6 Å². The number of hydrogen-bond donors (Lipinski definition) is 3. The lowest BCUT2D eigenvalue weighted by Crippen LogP contribution is -2.26. The fourth-order valence-electron chi connectivity index (χ4n) is 1.41. The molecule has 1 heterocycles. The normalized spacial score (nSPS) is 11.3. The number of rotatable bonds is 2. The fraction of sp³-hybridized carbons (Fsp3) is 0.0909. The van der Waals surface area contributed by atoms with Crippen LogP contribution in [0.2, 0.25) is 0 Å². The molecule has 0 radical (unpaired) electrons. The van der Waals surface area contributed by atoms with E-state index >= 15 is 0 Å². The predicted molar refractivity (Wildman–Crippen MR) is 71.6 cm³/mol. The first kappa shape index (κ1) is 12.6. The van der Waals surface area contributed by atoms with Crippen molar-refractivity contribution in [3.63, 3.8) is 0 Å². The van der Waals surface area contributed by atoms with Crippen molar-refractivity contribution in [2.24, 2.45) is 27.2 Å². The molecule has 8 nitrogen and oxygen atoms in total. The Morgan fingerprint density at radius 3 is 2.68 bits per heavy atom. The Kier molecular flexibility index (Phi) is 3.42. The second-order valence-corrected chi connectivity index (χ2v) is 3.70. The summed E-state index contributed by atoms with van der Waals surface area (Å²) in [7, 11) is 0. The van der Waals surface area contributed by atoms with Gasteiger partial charge in [0.25, 0.3) is 5.89 Å². The van der Waals surface area contributed by atoms with Gasteiger partial charge in [0.1, 0.15) is 0 Å². The Morgan fingerprint density at radius 1 is 1.26 bits per heavy atom. The maximum absolute atomic E-state index is 5.55. The average molecular weight is 259 g/mol. The first-order valence-corrected chi connectivity index (χ1v) is 5.39. The molecule has 0 fully saturated rings. The summed E-state index contributed by atoms with van der Waals surface area (Å²) < 4.78 is 5.07. The third kappa shape index (κ3) is 3.28. The summed E-state index contributed by atoms with van der Waals surface area (Å²) in [4.78, 5) is 11.8. The van der Waals surface area contributed by atoms with Crippen LogP contribution in [0.15, 0.2) is 38.8 Å². The zero-order valence-electron chi connectivity index (χ0n) is 10.2.